The Kier molecular flexibility index (Phi) is 6.90. The van der Waals surface area contributed by atoms with Crippen molar-refractivity contribution in [1.82, 2.24) is 5.32 Å². The number of halogens is 1. The molecule has 2 rings (SSSR count). The summed E-state index contributed by atoms with van der Waals surface area (Å²) in [7, 11) is 3.19. The number of carbonyl (C=O) groups is 1. The first kappa shape index (κ1) is 18.9. The molecule has 0 aliphatic heterocycles. The maximum atomic E-state index is 12.2. The van der Waals surface area contributed by atoms with Crippen LogP contribution in [0.5, 0.6) is 11.5 Å². The number of rotatable bonds is 7. The van der Waals surface area contributed by atoms with Gasteiger partial charge in [-0.25, -0.2) is 0 Å². The van der Waals surface area contributed by atoms with Crippen LogP contribution in [-0.2, 0) is 4.79 Å². The summed E-state index contributed by atoms with van der Waals surface area (Å²) in [6.45, 7) is 2.02. The van der Waals surface area contributed by atoms with E-state index >= 15 is 0 Å². The van der Waals surface area contributed by atoms with E-state index in [2.05, 4.69) is 5.32 Å². The van der Waals surface area contributed by atoms with Gasteiger partial charge in [-0.3, -0.25) is 4.79 Å². The zero-order valence-electron chi connectivity index (χ0n) is 14.6. The normalized spacial score (nSPS) is 12.0. The third kappa shape index (κ3) is 5.26. The summed E-state index contributed by atoms with van der Waals surface area (Å²) < 4.78 is 10.6. The molecule has 25 heavy (non-hydrogen) atoms. The van der Waals surface area contributed by atoms with Crippen molar-refractivity contribution >= 4 is 23.6 Å². The van der Waals surface area contributed by atoms with Gasteiger partial charge in [0.2, 0.25) is 5.91 Å². The first-order valence-electron chi connectivity index (χ1n) is 8.03. The lowest BCUT2D eigenvalue weighted by atomic mass is 10.0. The molecule has 2 aromatic rings. The Morgan fingerprint density at radius 1 is 1.12 bits per heavy atom. The van der Waals surface area contributed by atoms with Crippen molar-refractivity contribution in [3.63, 3.8) is 0 Å². The number of amides is 1. The summed E-state index contributed by atoms with van der Waals surface area (Å²) in [6, 6.07) is 12.8. The maximum absolute atomic E-state index is 12.2. The van der Waals surface area contributed by atoms with E-state index in [0.717, 1.165) is 17.5 Å². The van der Waals surface area contributed by atoms with Gasteiger partial charge in [0.15, 0.2) is 11.5 Å². The molecule has 1 amide bonds. The number of hydrogen-bond acceptors (Lipinski definition) is 3. The smallest absolute Gasteiger partial charge is 0.244 e. The van der Waals surface area contributed by atoms with Crippen molar-refractivity contribution in [1.29, 1.82) is 0 Å². The van der Waals surface area contributed by atoms with E-state index < -0.39 is 0 Å². The monoisotopic (exact) mass is 359 g/mol. The number of ether oxygens (including phenoxy) is 2. The molecule has 0 saturated heterocycles. The zero-order valence-corrected chi connectivity index (χ0v) is 15.3. The molecule has 4 nitrogen and oxygen atoms in total. The van der Waals surface area contributed by atoms with Crippen LogP contribution < -0.4 is 14.8 Å². The lowest BCUT2D eigenvalue weighted by Gasteiger charge is -2.18. The minimum atomic E-state index is -0.156. The molecule has 132 valence electrons. The first-order chi connectivity index (χ1) is 12.1. The van der Waals surface area contributed by atoms with Crippen molar-refractivity contribution in [2.75, 3.05) is 14.2 Å². The average Bonchev–Trinajstić information content (AvgIpc) is 2.65. The van der Waals surface area contributed by atoms with Gasteiger partial charge in [0.1, 0.15) is 0 Å². The van der Waals surface area contributed by atoms with Gasteiger partial charge in [0.05, 0.1) is 20.3 Å². The fourth-order valence-electron chi connectivity index (χ4n) is 2.46. The van der Waals surface area contributed by atoms with Gasteiger partial charge in [-0.2, -0.15) is 0 Å². The lowest BCUT2D eigenvalue weighted by molar-refractivity contribution is -0.117. The molecular weight excluding hydrogens is 338 g/mol. The number of hydrogen-bond donors (Lipinski definition) is 1. The minimum absolute atomic E-state index is 0.109. The third-order valence-corrected chi connectivity index (χ3v) is 4.08. The van der Waals surface area contributed by atoms with Crippen LogP contribution in [0.3, 0.4) is 0 Å². The Labute approximate surface area is 153 Å². The second-order valence-electron chi connectivity index (χ2n) is 5.47. The van der Waals surface area contributed by atoms with Crippen molar-refractivity contribution < 1.29 is 14.3 Å². The van der Waals surface area contributed by atoms with E-state index in [0.29, 0.717) is 16.5 Å². The highest BCUT2D eigenvalue weighted by atomic mass is 35.5. The molecule has 0 heterocycles. The second-order valence-corrected chi connectivity index (χ2v) is 5.91. The average molecular weight is 360 g/mol. The Hall–Kier alpha value is -2.46. The van der Waals surface area contributed by atoms with Crippen LogP contribution in [0.2, 0.25) is 5.02 Å². The summed E-state index contributed by atoms with van der Waals surface area (Å²) >= 11 is 5.85. The van der Waals surface area contributed by atoms with Gasteiger partial charge in [-0.15, -0.1) is 0 Å². The van der Waals surface area contributed by atoms with E-state index in [1.54, 1.807) is 32.4 Å². The quantitative estimate of drug-likeness (QED) is 0.733. The molecule has 1 atom stereocenters. The van der Waals surface area contributed by atoms with Crippen molar-refractivity contribution in [2.45, 2.75) is 19.4 Å². The molecule has 0 aliphatic rings. The molecule has 0 fully saturated rings. The lowest BCUT2D eigenvalue weighted by Crippen LogP contribution is -2.26. The van der Waals surface area contributed by atoms with E-state index in [1.807, 2.05) is 37.3 Å². The molecule has 0 unspecified atom stereocenters. The molecule has 0 spiro atoms. The van der Waals surface area contributed by atoms with Gasteiger partial charge in [-0.1, -0.05) is 36.7 Å². The van der Waals surface area contributed by atoms with E-state index in [-0.39, 0.29) is 11.9 Å². The molecule has 2 aromatic carbocycles. The highest BCUT2D eigenvalue weighted by molar-refractivity contribution is 6.30. The van der Waals surface area contributed by atoms with E-state index in [9.17, 15) is 4.79 Å². The second kappa shape index (κ2) is 9.14. The zero-order chi connectivity index (χ0) is 18.2. The Morgan fingerprint density at radius 3 is 2.40 bits per heavy atom. The fourth-order valence-corrected chi connectivity index (χ4v) is 2.58. The predicted molar refractivity (Wildman–Crippen MR) is 101 cm³/mol. The van der Waals surface area contributed by atoms with Gasteiger partial charge in [0.25, 0.3) is 0 Å². The van der Waals surface area contributed by atoms with E-state index in [1.165, 1.54) is 6.08 Å². The van der Waals surface area contributed by atoms with Crippen LogP contribution in [0.15, 0.2) is 48.5 Å². The largest absolute Gasteiger partial charge is 0.493 e. The number of carbonyl (C=O) groups excluding carboxylic acids is 1. The van der Waals surface area contributed by atoms with E-state index in [4.69, 9.17) is 21.1 Å². The van der Waals surface area contributed by atoms with Crippen molar-refractivity contribution in [2.24, 2.45) is 0 Å². The van der Waals surface area contributed by atoms with Crippen LogP contribution in [-0.4, -0.2) is 20.1 Å². The number of nitrogens with one attached hydrogen (secondary N) is 1. The van der Waals surface area contributed by atoms with Gasteiger partial charge in [-0.05, 0) is 47.9 Å². The highest BCUT2D eigenvalue weighted by Gasteiger charge is 2.14. The molecule has 0 aliphatic carbocycles. The minimum Gasteiger partial charge on any atom is -0.493 e. The van der Waals surface area contributed by atoms with Crippen LogP contribution in [0.25, 0.3) is 6.08 Å². The maximum Gasteiger partial charge on any atom is 0.244 e. The summed E-state index contributed by atoms with van der Waals surface area (Å²) in [5.74, 6) is 1.15. The Morgan fingerprint density at radius 2 is 1.80 bits per heavy atom. The van der Waals surface area contributed by atoms with Crippen LogP contribution in [0, 0.1) is 0 Å². The van der Waals surface area contributed by atoms with Gasteiger partial charge >= 0.3 is 0 Å². The SMILES string of the molecule is CC[C@@H](NC(=O)/C=C/c1ccc(Cl)cc1)c1ccc(OC)c(OC)c1. The third-order valence-electron chi connectivity index (χ3n) is 3.83. The fraction of sp³-hybridized carbons (Fsp3) is 0.250. The standard InChI is InChI=1S/C20H22ClNO3/c1-4-17(15-8-11-18(24-2)19(13-15)25-3)22-20(23)12-7-14-5-9-16(21)10-6-14/h5-13,17H,4H2,1-3H3,(H,22,23)/b12-7+/t17-/m1/s1. The van der Waals surface area contributed by atoms with Crippen LogP contribution >= 0.6 is 11.6 Å². The first-order valence-corrected chi connectivity index (χ1v) is 8.41. The summed E-state index contributed by atoms with van der Waals surface area (Å²) in [6.07, 6.45) is 4.04. The number of methoxy groups -OCH3 is 2. The Bertz CT molecular complexity index is 741. The number of benzene rings is 2. The Balaban J connectivity index is 2.08. The van der Waals surface area contributed by atoms with Gasteiger partial charge in [0, 0.05) is 11.1 Å². The summed E-state index contributed by atoms with van der Waals surface area (Å²) in [4.78, 5) is 12.2. The molecule has 0 saturated carbocycles. The van der Waals surface area contributed by atoms with Crippen molar-refractivity contribution in [3.05, 3.63) is 64.7 Å². The molecule has 0 radical (unpaired) electrons. The molecule has 1 N–H and O–H groups in total. The van der Waals surface area contributed by atoms with Crippen molar-refractivity contribution in [3.8, 4) is 11.5 Å². The molecule has 0 aromatic heterocycles. The summed E-state index contributed by atoms with van der Waals surface area (Å²) in [5, 5.41) is 3.67. The topological polar surface area (TPSA) is 47.6 Å². The van der Waals surface area contributed by atoms with Crippen LogP contribution in [0.1, 0.15) is 30.5 Å². The predicted octanol–water partition coefficient (Wildman–Crippen LogP) is 4.64. The van der Waals surface area contributed by atoms with Crippen LogP contribution in [0.4, 0.5) is 0 Å². The summed E-state index contributed by atoms with van der Waals surface area (Å²) in [5.41, 5.74) is 1.88. The molecular formula is C20H22ClNO3. The highest BCUT2D eigenvalue weighted by Crippen LogP contribution is 2.30. The van der Waals surface area contributed by atoms with Gasteiger partial charge < -0.3 is 14.8 Å². The molecule has 0 bridgehead atoms. The molecule has 5 heteroatoms.